The first-order valence-electron chi connectivity index (χ1n) is 3.56. The first-order chi connectivity index (χ1) is 5.68. The van der Waals surface area contributed by atoms with Gasteiger partial charge in [0, 0.05) is 0 Å². The molecule has 0 aliphatic rings. The van der Waals surface area contributed by atoms with Crippen molar-refractivity contribution in [1.29, 1.82) is 0 Å². The van der Waals surface area contributed by atoms with E-state index < -0.39 is 5.76 Å². The largest absolute Gasteiger partial charge is 0.417 e. The van der Waals surface area contributed by atoms with Gasteiger partial charge in [0.1, 0.15) is 5.52 Å². The maximum absolute atomic E-state index is 10.8. The van der Waals surface area contributed by atoms with Crippen LogP contribution in [0.1, 0.15) is 5.56 Å². The van der Waals surface area contributed by atoms with Crippen LogP contribution < -0.4 is 11.5 Å². The minimum absolute atomic E-state index is 0.470. The van der Waals surface area contributed by atoms with Crippen molar-refractivity contribution in [2.24, 2.45) is 0 Å². The summed E-state index contributed by atoms with van der Waals surface area (Å²) in [5.41, 5.74) is 8.29. The molecule has 0 spiro atoms. The maximum Gasteiger partial charge on any atom is 0.417 e. The highest BCUT2D eigenvalue weighted by Gasteiger charge is 2.05. The number of benzene rings is 1. The van der Waals surface area contributed by atoms with Gasteiger partial charge in [-0.15, -0.1) is 0 Å². The van der Waals surface area contributed by atoms with E-state index in [-0.39, 0.29) is 0 Å². The van der Waals surface area contributed by atoms with Crippen molar-refractivity contribution in [2.45, 2.75) is 6.92 Å². The number of rotatable bonds is 0. The SMILES string of the molecule is Cc1ccc2oc(=O)[nH]c2c1N. The van der Waals surface area contributed by atoms with Crippen LogP contribution in [0.5, 0.6) is 0 Å². The van der Waals surface area contributed by atoms with Crippen LogP contribution >= 0.6 is 0 Å². The van der Waals surface area contributed by atoms with Crippen molar-refractivity contribution in [1.82, 2.24) is 4.98 Å². The Hall–Kier alpha value is -1.71. The average molecular weight is 164 g/mol. The van der Waals surface area contributed by atoms with Crippen LogP contribution in [0.4, 0.5) is 5.69 Å². The van der Waals surface area contributed by atoms with Gasteiger partial charge in [-0.3, -0.25) is 4.98 Å². The van der Waals surface area contributed by atoms with Crippen LogP contribution in [0.25, 0.3) is 11.1 Å². The van der Waals surface area contributed by atoms with E-state index in [1.54, 1.807) is 6.07 Å². The van der Waals surface area contributed by atoms with E-state index in [2.05, 4.69) is 4.98 Å². The summed E-state index contributed by atoms with van der Waals surface area (Å²) in [6, 6.07) is 3.54. The zero-order valence-corrected chi connectivity index (χ0v) is 6.55. The van der Waals surface area contributed by atoms with E-state index in [1.165, 1.54) is 0 Å². The minimum atomic E-state index is -0.470. The number of H-pyrrole nitrogens is 1. The Morgan fingerprint density at radius 1 is 1.50 bits per heavy atom. The second-order valence-corrected chi connectivity index (χ2v) is 2.68. The number of aromatic amines is 1. The number of aryl methyl sites for hydroxylation is 1. The Balaban J connectivity index is 2.99. The highest BCUT2D eigenvalue weighted by molar-refractivity contribution is 5.86. The molecule has 1 heterocycles. The normalized spacial score (nSPS) is 10.8. The quantitative estimate of drug-likeness (QED) is 0.571. The van der Waals surface area contributed by atoms with Gasteiger partial charge in [-0.25, -0.2) is 4.79 Å². The summed E-state index contributed by atoms with van der Waals surface area (Å²) < 4.78 is 4.81. The summed E-state index contributed by atoms with van der Waals surface area (Å²) in [5, 5.41) is 0. The van der Waals surface area contributed by atoms with Crippen molar-refractivity contribution in [3.8, 4) is 0 Å². The number of fused-ring (bicyclic) bond motifs is 1. The molecule has 0 radical (unpaired) electrons. The fourth-order valence-electron chi connectivity index (χ4n) is 1.15. The summed E-state index contributed by atoms with van der Waals surface area (Å²) in [7, 11) is 0. The fourth-order valence-corrected chi connectivity index (χ4v) is 1.15. The van der Waals surface area contributed by atoms with Gasteiger partial charge in [-0.2, -0.15) is 0 Å². The lowest BCUT2D eigenvalue weighted by atomic mass is 10.2. The monoisotopic (exact) mass is 164 g/mol. The van der Waals surface area contributed by atoms with Gasteiger partial charge in [0.15, 0.2) is 5.58 Å². The molecule has 0 aliphatic carbocycles. The zero-order valence-electron chi connectivity index (χ0n) is 6.55. The molecule has 1 aromatic carbocycles. The Bertz CT molecular complexity index is 481. The molecule has 4 nitrogen and oxygen atoms in total. The minimum Gasteiger partial charge on any atom is -0.408 e. The molecule has 2 rings (SSSR count). The van der Waals surface area contributed by atoms with E-state index in [0.29, 0.717) is 16.8 Å². The van der Waals surface area contributed by atoms with Crippen molar-refractivity contribution in [3.63, 3.8) is 0 Å². The van der Waals surface area contributed by atoms with Crippen molar-refractivity contribution >= 4 is 16.8 Å². The first-order valence-corrected chi connectivity index (χ1v) is 3.56. The number of oxazole rings is 1. The number of nitrogen functional groups attached to an aromatic ring is 1. The molecule has 0 atom stereocenters. The number of aromatic nitrogens is 1. The van der Waals surface area contributed by atoms with Gasteiger partial charge < -0.3 is 10.2 Å². The summed E-state index contributed by atoms with van der Waals surface area (Å²) in [6.07, 6.45) is 0. The highest BCUT2D eigenvalue weighted by atomic mass is 16.4. The average Bonchev–Trinajstić information content (AvgIpc) is 2.39. The number of nitrogens with one attached hydrogen (secondary N) is 1. The van der Waals surface area contributed by atoms with E-state index in [0.717, 1.165) is 5.56 Å². The number of hydrogen-bond donors (Lipinski definition) is 2. The van der Waals surface area contributed by atoms with Crippen LogP contribution in [0.15, 0.2) is 21.3 Å². The molecule has 12 heavy (non-hydrogen) atoms. The van der Waals surface area contributed by atoms with Gasteiger partial charge in [0.25, 0.3) is 0 Å². The van der Waals surface area contributed by atoms with Crippen LogP contribution in [0, 0.1) is 6.92 Å². The molecular formula is C8H8N2O2. The molecule has 0 amide bonds. The Kier molecular flexibility index (Phi) is 1.24. The molecule has 1 aromatic heterocycles. The van der Waals surface area contributed by atoms with E-state index in [9.17, 15) is 4.79 Å². The molecule has 0 unspecified atom stereocenters. The lowest BCUT2D eigenvalue weighted by molar-refractivity contribution is 0.555. The van der Waals surface area contributed by atoms with Gasteiger partial charge in [-0.05, 0) is 18.6 Å². The Morgan fingerprint density at radius 2 is 2.25 bits per heavy atom. The molecule has 0 saturated heterocycles. The molecule has 0 bridgehead atoms. The molecule has 2 aromatic rings. The lowest BCUT2D eigenvalue weighted by Gasteiger charge is -1.97. The summed E-state index contributed by atoms with van der Waals surface area (Å²) in [6.45, 7) is 1.88. The highest BCUT2D eigenvalue weighted by Crippen LogP contribution is 2.20. The molecule has 62 valence electrons. The van der Waals surface area contributed by atoms with Crippen LogP contribution in [0.3, 0.4) is 0 Å². The zero-order chi connectivity index (χ0) is 8.72. The first kappa shape index (κ1) is 6.97. The molecule has 4 heteroatoms. The van der Waals surface area contributed by atoms with Gasteiger partial charge in [-0.1, -0.05) is 6.07 Å². The third kappa shape index (κ3) is 0.812. The summed E-state index contributed by atoms with van der Waals surface area (Å²) >= 11 is 0. The van der Waals surface area contributed by atoms with E-state index in [1.807, 2.05) is 13.0 Å². The summed E-state index contributed by atoms with van der Waals surface area (Å²) in [4.78, 5) is 13.3. The fraction of sp³-hybridized carbons (Fsp3) is 0.125. The van der Waals surface area contributed by atoms with Crippen LogP contribution in [-0.4, -0.2) is 4.98 Å². The second-order valence-electron chi connectivity index (χ2n) is 2.68. The molecule has 0 saturated carbocycles. The topological polar surface area (TPSA) is 72.0 Å². The second kappa shape index (κ2) is 2.14. The standard InChI is InChI=1S/C8H8N2O2/c1-4-2-3-5-7(6(4)9)10-8(11)12-5/h2-3H,9H2,1H3,(H,10,11). The maximum atomic E-state index is 10.8. The predicted molar refractivity (Wildman–Crippen MR) is 46.0 cm³/mol. The Morgan fingerprint density at radius 3 is 3.00 bits per heavy atom. The number of nitrogens with two attached hydrogens (primary N) is 1. The molecule has 3 N–H and O–H groups in total. The van der Waals surface area contributed by atoms with Gasteiger partial charge in [0.05, 0.1) is 5.69 Å². The van der Waals surface area contributed by atoms with Crippen molar-refractivity contribution in [3.05, 3.63) is 28.2 Å². The van der Waals surface area contributed by atoms with Gasteiger partial charge in [0.2, 0.25) is 0 Å². The third-order valence-corrected chi connectivity index (χ3v) is 1.86. The lowest BCUT2D eigenvalue weighted by Crippen LogP contribution is -1.95. The van der Waals surface area contributed by atoms with Crippen molar-refractivity contribution in [2.75, 3.05) is 5.73 Å². The van der Waals surface area contributed by atoms with Crippen molar-refractivity contribution < 1.29 is 4.42 Å². The van der Waals surface area contributed by atoms with Crippen LogP contribution in [0.2, 0.25) is 0 Å². The van der Waals surface area contributed by atoms with Crippen LogP contribution in [-0.2, 0) is 0 Å². The van der Waals surface area contributed by atoms with E-state index in [4.69, 9.17) is 10.2 Å². The number of anilines is 1. The Labute approximate surface area is 68.0 Å². The van der Waals surface area contributed by atoms with Gasteiger partial charge >= 0.3 is 5.76 Å². The summed E-state index contributed by atoms with van der Waals surface area (Å²) in [5.74, 6) is -0.470. The third-order valence-electron chi connectivity index (χ3n) is 1.86. The smallest absolute Gasteiger partial charge is 0.408 e. The number of hydrogen-bond acceptors (Lipinski definition) is 3. The van der Waals surface area contributed by atoms with E-state index >= 15 is 0 Å². The molecule has 0 fully saturated rings. The predicted octanol–water partition coefficient (Wildman–Crippen LogP) is 1.01. The molecule has 0 aliphatic heterocycles. The molecular weight excluding hydrogens is 156 g/mol.